The summed E-state index contributed by atoms with van der Waals surface area (Å²) in [6.07, 6.45) is 20.1. The third kappa shape index (κ3) is 20.1. The Kier molecular flexibility index (Phi) is 31.8. The van der Waals surface area contributed by atoms with Crippen LogP contribution in [0.15, 0.2) is 42.4 Å². The second-order valence-corrected chi connectivity index (χ2v) is 4.02. The fraction of sp³-hybridized carbons (Fsp3) is 0.375. The zero-order valence-corrected chi connectivity index (χ0v) is 18.1. The average molecular weight is 396 g/mol. The van der Waals surface area contributed by atoms with Gasteiger partial charge in [0.25, 0.3) is 0 Å². The number of rotatable bonds is 0. The molecule has 0 saturated heterocycles. The van der Waals surface area contributed by atoms with E-state index in [9.17, 15) is 4.39 Å². The van der Waals surface area contributed by atoms with Gasteiger partial charge in [-0.1, -0.05) is 31.7 Å². The fourth-order valence-electron chi connectivity index (χ4n) is 1.55. The molecule has 0 atom stereocenters. The molecule has 0 unspecified atom stereocenters. The monoisotopic (exact) mass is 395 g/mol. The van der Waals surface area contributed by atoms with E-state index in [0.29, 0.717) is 6.42 Å². The van der Waals surface area contributed by atoms with Crippen LogP contribution in [0.25, 0.3) is 0 Å². The van der Waals surface area contributed by atoms with Gasteiger partial charge < -0.3 is 11.4 Å². The van der Waals surface area contributed by atoms with Crippen molar-refractivity contribution in [3.05, 3.63) is 61.1 Å². The Morgan fingerprint density at radius 2 is 1.77 bits per heavy atom. The Bertz CT molecular complexity index is 319. The summed E-state index contributed by atoms with van der Waals surface area (Å²) >= 11 is 0. The van der Waals surface area contributed by atoms with Crippen molar-refractivity contribution in [1.82, 2.24) is 4.98 Å². The van der Waals surface area contributed by atoms with Gasteiger partial charge in [-0.2, -0.15) is 43.2 Å². The van der Waals surface area contributed by atoms with Crippen LogP contribution in [0.5, 0.6) is 0 Å². The van der Waals surface area contributed by atoms with Crippen molar-refractivity contribution in [2.45, 2.75) is 38.5 Å². The summed E-state index contributed by atoms with van der Waals surface area (Å²) in [5.41, 5.74) is 0. The number of hydrogen-bond acceptors (Lipinski definition) is 1. The van der Waals surface area contributed by atoms with Crippen LogP contribution in [0.4, 0.5) is 4.39 Å². The molecule has 2 aliphatic carbocycles. The number of pyridine rings is 1. The molecule has 1 fully saturated rings. The smallest absolute Gasteiger partial charge is 0.394 e. The minimum atomic E-state index is -0.227. The maximum absolute atomic E-state index is 11.6. The van der Waals surface area contributed by atoms with Crippen LogP contribution >= 0.6 is 24.8 Å². The van der Waals surface area contributed by atoms with Crippen molar-refractivity contribution in [2.75, 3.05) is 0 Å². The maximum Gasteiger partial charge on any atom is 3.00 e. The van der Waals surface area contributed by atoms with Crippen molar-refractivity contribution >= 4 is 35.8 Å². The van der Waals surface area contributed by atoms with Gasteiger partial charge >= 0.3 is 21.7 Å². The Morgan fingerprint density at radius 3 is 1.91 bits per heavy atom. The number of hydrogen-bond donors (Lipinski definition) is 0. The van der Waals surface area contributed by atoms with E-state index in [1.165, 1.54) is 38.2 Å². The topological polar surface area (TPSA) is 12.9 Å². The van der Waals surface area contributed by atoms with Gasteiger partial charge in [0, 0.05) is 0 Å². The molecule has 1 aromatic heterocycles. The van der Waals surface area contributed by atoms with Crippen LogP contribution in [0, 0.1) is 18.7 Å². The van der Waals surface area contributed by atoms with Crippen LogP contribution in [-0.4, -0.2) is 15.9 Å². The van der Waals surface area contributed by atoms with Crippen LogP contribution in [-0.2, 0) is 21.7 Å². The molecule has 0 amide bonds. The summed E-state index contributed by atoms with van der Waals surface area (Å²) < 4.78 is 11.6. The Morgan fingerprint density at radius 1 is 1.09 bits per heavy atom. The first kappa shape index (κ1) is 30.0. The molecule has 3 rings (SSSR count). The molecule has 1 nitrogen and oxygen atoms in total. The van der Waals surface area contributed by atoms with E-state index in [0.717, 1.165) is 0 Å². The number of aromatic nitrogens is 1. The summed E-state index contributed by atoms with van der Waals surface area (Å²) in [7, 11) is 0. The van der Waals surface area contributed by atoms with E-state index >= 15 is 0 Å². The molecular formula is C16H24Cl2FNSiTi. The van der Waals surface area contributed by atoms with E-state index in [1.807, 2.05) is 12.1 Å². The Hall–Kier alpha value is 0.0712. The summed E-state index contributed by atoms with van der Waals surface area (Å²) in [5.74, 6) is -0.227. The molecule has 1 saturated carbocycles. The fourth-order valence-corrected chi connectivity index (χ4v) is 1.55. The molecule has 2 radical (unpaired) electrons. The van der Waals surface area contributed by atoms with Gasteiger partial charge in [-0.15, -0.1) is 31.2 Å². The van der Waals surface area contributed by atoms with Gasteiger partial charge in [0.2, 0.25) is 0 Å². The van der Waals surface area contributed by atoms with E-state index in [-0.39, 0.29) is 63.3 Å². The first-order chi connectivity index (χ1) is 8.89. The molecule has 22 heavy (non-hydrogen) atoms. The molecule has 2 aliphatic rings. The maximum atomic E-state index is 11.6. The number of nitrogens with zero attached hydrogens (tertiary/aromatic N) is 1. The molecule has 0 N–H and O–H groups in total. The predicted molar refractivity (Wildman–Crippen MR) is 96.5 cm³/mol. The second-order valence-electron chi connectivity index (χ2n) is 4.02. The van der Waals surface area contributed by atoms with E-state index in [2.05, 4.69) is 23.7 Å². The number of allylic oxidation sites excluding steroid dienone is 4. The van der Waals surface area contributed by atoms with Gasteiger partial charge in [-0.3, -0.25) is 0 Å². The van der Waals surface area contributed by atoms with Gasteiger partial charge in [0.05, 0.1) is 0 Å². The number of halogens is 3. The molecule has 0 aliphatic heterocycles. The third-order valence-corrected chi connectivity index (χ3v) is 2.49. The van der Waals surface area contributed by atoms with Crippen LogP contribution in [0.1, 0.15) is 38.5 Å². The third-order valence-electron chi connectivity index (χ3n) is 2.49. The van der Waals surface area contributed by atoms with E-state index in [1.54, 1.807) is 18.3 Å². The quantitative estimate of drug-likeness (QED) is 0.471. The molecule has 6 heteroatoms. The van der Waals surface area contributed by atoms with Crippen LogP contribution < -0.4 is 0 Å². The summed E-state index contributed by atoms with van der Waals surface area (Å²) in [4.78, 5) is 3.66. The van der Waals surface area contributed by atoms with Crippen molar-refractivity contribution in [2.24, 2.45) is 0 Å². The summed E-state index contributed by atoms with van der Waals surface area (Å²) in [6, 6.07) is 5.50. The van der Waals surface area contributed by atoms with Gasteiger partial charge in [-0.25, -0.2) is 10.5 Å². The Labute approximate surface area is 166 Å². The van der Waals surface area contributed by atoms with Gasteiger partial charge in [-0.05, 0) is 16.8 Å². The van der Waals surface area contributed by atoms with Crippen molar-refractivity contribution in [3.8, 4) is 0 Å². The van der Waals surface area contributed by atoms with Gasteiger partial charge in [0.1, 0.15) is 0 Å². The first-order valence-corrected chi connectivity index (χ1v) is 6.41. The van der Waals surface area contributed by atoms with Crippen LogP contribution in [0.2, 0.25) is 0 Å². The minimum absolute atomic E-state index is 0. The molecule has 122 valence electrons. The average Bonchev–Trinajstić information content (AvgIpc) is 2.95. The standard InChI is InChI=1S/C6H11.C5H4F.C5H4N.2ClH.H3Si.Ti/c1-2-4-6-5-3-1;6-5-3-1-2-4-5;1-2-4-6-5-3-1;;;;/h1H,2-6H2;1,3H,2H2;1-4H;2*1H;1H3;/q3*-1;;;;+3. The first-order valence-electron chi connectivity index (χ1n) is 6.41. The molecule has 0 spiro atoms. The van der Waals surface area contributed by atoms with Gasteiger partial charge in [0.15, 0.2) is 0 Å². The zero-order valence-electron chi connectivity index (χ0n) is 12.9. The molecule has 0 aromatic carbocycles. The molecule has 1 heterocycles. The van der Waals surface area contributed by atoms with Crippen LogP contribution in [0.3, 0.4) is 0 Å². The van der Waals surface area contributed by atoms with E-state index in [4.69, 9.17) is 0 Å². The second kappa shape index (κ2) is 23.3. The van der Waals surface area contributed by atoms with E-state index < -0.39 is 0 Å². The predicted octanol–water partition coefficient (Wildman–Crippen LogP) is 4.30. The summed E-state index contributed by atoms with van der Waals surface area (Å²) in [5, 5.41) is 0. The van der Waals surface area contributed by atoms with Crippen molar-refractivity contribution in [3.63, 3.8) is 0 Å². The molecule has 1 aromatic rings. The normalized spacial score (nSPS) is 13.8. The molecule has 0 bridgehead atoms. The van der Waals surface area contributed by atoms with Crippen molar-refractivity contribution < 1.29 is 26.1 Å². The summed E-state index contributed by atoms with van der Waals surface area (Å²) in [6.45, 7) is 0. The zero-order chi connectivity index (χ0) is 12.9. The molecular weight excluding hydrogens is 372 g/mol. The largest absolute Gasteiger partial charge is 3.00 e. The van der Waals surface area contributed by atoms with Crippen molar-refractivity contribution in [1.29, 1.82) is 0 Å². The SMILES string of the molecule is Cl.Cl.FC1=[C-]CC=C1.[CH-]1CCCCC1.[SiH3].[Ti+3].[c-]1ccccn1. The minimum Gasteiger partial charge on any atom is -0.394 e. The Balaban J connectivity index is -0.000000101.